The number of carbonyl (C=O) groups excluding carboxylic acids is 1. The van der Waals surface area contributed by atoms with Gasteiger partial charge in [-0.05, 0) is 59.9 Å². The minimum absolute atomic E-state index is 0.0158. The van der Waals surface area contributed by atoms with E-state index in [1.54, 1.807) is 14.2 Å². The zero-order valence-corrected chi connectivity index (χ0v) is 20.6. The maximum absolute atomic E-state index is 12.9. The maximum atomic E-state index is 12.9. The maximum Gasteiger partial charge on any atom is 0.231 e. The van der Waals surface area contributed by atoms with E-state index < -0.39 is 0 Å². The number of para-hydroxylation sites is 1. The Kier molecular flexibility index (Phi) is 5.93. The van der Waals surface area contributed by atoms with Crippen LogP contribution in [0.25, 0.3) is 0 Å². The molecule has 2 atom stereocenters. The Bertz CT molecular complexity index is 1290. The Hall–Kier alpha value is -3.71. The highest BCUT2D eigenvalue weighted by Crippen LogP contribution is 2.53. The molecule has 1 N–H and O–H groups in total. The molecule has 3 aromatic carbocycles. The van der Waals surface area contributed by atoms with Gasteiger partial charge in [-0.3, -0.25) is 9.69 Å². The summed E-state index contributed by atoms with van der Waals surface area (Å²) in [6.07, 6.45) is 2.05. The molecule has 7 heteroatoms. The van der Waals surface area contributed by atoms with Gasteiger partial charge in [0.25, 0.3) is 0 Å². The smallest absolute Gasteiger partial charge is 0.231 e. The number of nitrogens with zero attached hydrogens (tertiary/aromatic N) is 1. The lowest BCUT2D eigenvalue weighted by molar-refractivity contribution is -0.116. The molecule has 0 saturated heterocycles. The summed E-state index contributed by atoms with van der Waals surface area (Å²) in [5.74, 6) is 3.26. The number of fused-ring (bicyclic) bond motifs is 5. The van der Waals surface area contributed by atoms with E-state index in [0.29, 0.717) is 12.8 Å². The van der Waals surface area contributed by atoms with Crippen molar-refractivity contribution >= 4 is 11.6 Å². The van der Waals surface area contributed by atoms with Crippen LogP contribution in [0.5, 0.6) is 23.0 Å². The highest BCUT2D eigenvalue weighted by atomic mass is 16.7. The van der Waals surface area contributed by atoms with Crippen LogP contribution in [0.4, 0.5) is 5.69 Å². The second-order valence-electron chi connectivity index (χ2n) is 9.50. The van der Waals surface area contributed by atoms with Crippen LogP contribution in [-0.2, 0) is 17.8 Å². The number of nitrogens with one attached hydrogen (secondary N) is 1. The fraction of sp³-hybridized carbons (Fsp3) is 0.345. The van der Waals surface area contributed by atoms with Gasteiger partial charge in [0.15, 0.2) is 23.0 Å². The molecule has 0 aromatic heterocycles. The van der Waals surface area contributed by atoms with Gasteiger partial charge in [-0.1, -0.05) is 24.3 Å². The van der Waals surface area contributed by atoms with Crippen molar-refractivity contribution in [2.75, 3.05) is 32.9 Å². The number of rotatable bonds is 6. The van der Waals surface area contributed by atoms with Crippen LogP contribution in [0.2, 0.25) is 0 Å². The number of carbonyl (C=O) groups is 1. The molecule has 186 valence electrons. The predicted molar refractivity (Wildman–Crippen MR) is 136 cm³/mol. The number of anilines is 1. The topological polar surface area (TPSA) is 69.3 Å². The first-order chi connectivity index (χ1) is 17.7. The number of ether oxygens (including phenoxy) is 4. The van der Waals surface area contributed by atoms with Crippen LogP contribution >= 0.6 is 0 Å². The van der Waals surface area contributed by atoms with Crippen molar-refractivity contribution in [2.45, 2.75) is 37.8 Å². The summed E-state index contributed by atoms with van der Waals surface area (Å²) >= 11 is 0. The first kappa shape index (κ1) is 22.7. The van der Waals surface area contributed by atoms with Crippen LogP contribution in [0, 0.1) is 0 Å². The lowest BCUT2D eigenvalue weighted by Gasteiger charge is -2.46. The second-order valence-corrected chi connectivity index (χ2v) is 9.50. The summed E-state index contributed by atoms with van der Waals surface area (Å²) in [6.45, 7) is 1.94. The van der Waals surface area contributed by atoms with Crippen LogP contribution in [0.15, 0.2) is 54.6 Å². The molecule has 3 heterocycles. The molecule has 0 aliphatic carbocycles. The molecule has 3 aliphatic rings. The van der Waals surface area contributed by atoms with Gasteiger partial charge in [0.1, 0.15) is 0 Å². The third-order valence-electron chi connectivity index (χ3n) is 7.58. The molecule has 0 fully saturated rings. The summed E-state index contributed by atoms with van der Waals surface area (Å²) in [5.41, 5.74) is 5.73. The summed E-state index contributed by atoms with van der Waals surface area (Å²) in [7, 11) is 3.36. The quantitative estimate of drug-likeness (QED) is 0.526. The molecule has 1 amide bonds. The number of methoxy groups -OCH3 is 2. The van der Waals surface area contributed by atoms with Crippen molar-refractivity contribution in [3.8, 4) is 23.0 Å². The lowest BCUT2D eigenvalue weighted by Crippen LogP contribution is -2.42. The number of hydrogen-bond acceptors (Lipinski definition) is 6. The van der Waals surface area contributed by atoms with Crippen LogP contribution in [0.1, 0.15) is 47.1 Å². The van der Waals surface area contributed by atoms with E-state index in [2.05, 4.69) is 28.4 Å². The van der Waals surface area contributed by atoms with E-state index >= 15 is 0 Å². The summed E-state index contributed by atoms with van der Waals surface area (Å²) in [5, 5.41) is 3.04. The fourth-order valence-corrected chi connectivity index (χ4v) is 5.97. The number of amides is 1. The Labute approximate surface area is 210 Å². The fourth-order valence-electron chi connectivity index (χ4n) is 5.97. The van der Waals surface area contributed by atoms with Crippen molar-refractivity contribution in [3.63, 3.8) is 0 Å². The van der Waals surface area contributed by atoms with Crippen molar-refractivity contribution in [1.82, 2.24) is 4.90 Å². The zero-order chi connectivity index (χ0) is 24.6. The van der Waals surface area contributed by atoms with Crippen molar-refractivity contribution in [3.05, 3.63) is 76.9 Å². The summed E-state index contributed by atoms with van der Waals surface area (Å²) in [6, 6.07) is 18.2. The highest BCUT2D eigenvalue weighted by Gasteiger charge is 2.41. The first-order valence-corrected chi connectivity index (χ1v) is 12.4. The SMILES string of the molecule is COc1ccc2c(c1OC)CN1CCc3cc4c(cc3C1C2CCC(=O)Nc1ccccc1)OCO4. The van der Waals surface area contributed by atoms with Gasteiger partial charge in [0, 0.05) is 42.7 Å². The van der Waals surface area contributed by atoms with Crippen molar-refractivity contribution in [2.24, 2.45) is 0 Å². The van der Waals surface area contributed by atoms with Gasteiger partial charge in [-0.25, -0.2) is 0 Å². The summed E-state index contributed by atoms with van der Waals surface area (Å²) < 4.78 is 22.8. The highest BCUT2D eigenvalue weighted by molar-refractivity contribution is 5.90. The molecule has 36 heavy (non-hydrogen) atoms. The van der Waals surface area contributed by atoms with E-state index in [9.17, 15) is 4.79 Å². The molecule has 3 aromatic rings. The third-order valence-corrected chi connectivity index (χ3v) is 7.58. The third kappa shape index (κ3) is 3.93. The Balaban J connectivity index is 1.37. The van der Waals surface area contributed by atoms with Crippen molar-refractivity contribution in [1.29, 1.82) is 0 Å². The normalized spacial score (nSPS) is 19.6. The number of hydrogen-bond donors (Lipinski definition) is 1. The first-order valence-electron chi connectivity index (χ1n) is 12.4. The van der Waals surface area contributed by atoms with Crippen molar-refractivity contribution < 1.29 is 23.7 Å². The standard InChI is InChI=1S/C29H30N2O5/c1-33-24-10-8-20-21(9-11-27(32)30-19-6-4-3-5-7-19)28-22-15-26-25(35-17-36-26)14-18(22)12-13-31(28)16-23(20)29(24)34-2/h3-8,10,14-15,21,28H,9,11-13,16-17H2,1-2H3,(H,30,32). The van der Waals surface area contributed by atoms with E-state index in [1.165, 1.54) is 16.7 Å². The average molecular weight is 487 g/mol. The number of benzene rings is 3. The van der Waals surface area contributed by atoms with Crippen LogP contribution in [0.3, 0.4) is 0 Å². The minimum Gasteiger partial charge on any atom is -0.493 e. The van der Waals surface area contributed by atoms with Crippen LogP contribution < -0.4 is 24.3 Å². The molecule has 7 nitrogen and oxygen atoms in total. The largest absolute Gasteiger partial charge is 0.493 e. The molecular formula is C29H30N2O5. The zero-order valence-electron chi connectivity index (χ0n) is 20.6. The van der Waals surface area contributed by atoms with Crippen LogP contribution in [-0.4, -0.2) is 38.4 Å². The van der Waals surface area contributed by atoms with Gasteiger partial charge in [-0.15, -0.1) is 0 Å². The van der Waals surface area contributed by atoms with E-state index in [4.69, 9.17) is 18.9 Å². The Morgan fingerprint density at radius 2 is 1.83 bits per heavy atom. The van der Waals surface area contributed by atoms with E-state index in [0.717, 1.165) is 53.8 Å². The molecule has 0 saturated carbocycles. The Morgan fingerprint density at radius 1 is 1.03 bits per heavy atom. The molecule has 3 aliphatic heterocycles. The molecular weight excluding hydrogens is 456 g/mol. The lowest BCUT2D eigenvalue weighted by atomic mass is 9.74. The predicted octanol–water partition coefficient (Wildman–Crippen LogP) is 5.05. The van der Waals surface area contributed by atoms with Gasteiger partial charge < -0.3 is 24.3 Å². The van der Waals surface area contributed by atoms with Gasteiger partial charge >= 0.3 is 0 Å². The molecule has 0 bridgehead atoms. The summed E-state index contributed by atoms with van der Waals surface area (Å²) in [4.78, 5) is 15.5. The average Bonchev–Trinajstić information content (AvgIpc) is 3.37. The second kappa shape index (κ2) is 9.39. The van der Waals surface area contributed by atoms with E-state index in [1.807, 2.05) is 36.4 Å². The molecule has 0 spiro atoms. The monoisotopic (exact) mass is 486 g/mol. The Morgan fingerprint density at radius 3 is 2.61 bits per heavy atom. The van der Waals surface area contributed by atoms with Gasteiger partial charge in [0.05, 0.1) is 14.2 Å². The molecule has 2 unspecified atom stereocenters. The minimum atomic E-state index is 0.0158. The molecule has 0 radical (unpaired) electrons. The molecule has 6 rings (SSSR count). The van der Waals surface area contributed by atoms with E-state index in [-0.39, 0.29) is 24.7 Å². The van der Waals surface area contributed by atoms with Gasteiger partial charge in [-0.2, -0.15) is 0 Å². The van der Waals surface area contributed by atoms with Gasteiger partial charge in [0.2, 0.25) is 12.7 Å².